The summed E-state index contributed by atoms with van der Waals surface area (Å²) in [5.41, 5.74) is 3.44. The van der Waals surface area contributed by atoms with Crippen molar-refractivity contribution in [1.82, 2.24) is 15.3 Å². The number of aromatic amines is 1. The summed E-state index contributed by atoms with van der Waals surface area (Å²) in [6, 6.07) is 11.4. The summed E-state index contributed by atoms with van der Waals surface area (Å²) in [5, 5.41) is 2.76. The summed E-state index contributed by atoms with van der Waals surface area (Å²) in [7, 11) is 0. The van der Waals surface area contributed by atoms with E-state index in [2.05, 4.69) is 15.3 Å². The number of amides is 1. The second kappa shape index (κ2) is 7.17. The molecule has 6 nitrogen and oxygen atoms in total. The van der Waals surface area contributed by atoms with E-state index in [9.17, 15) is 9.59 Å². The first-order valence-electron chi connectivity index (χ1n) is 7.99. The third-order valence-corrected chi connectivity index (χ3v) is 3.87. The molecule has 0 unspecified atom stereocenters. The predicted octanol–water partition coefficient (Wildman–Crippen LogP) is 2.51. The number of benzene rings is 1. The average Bonchev–Trinajstić information content (AvgIpc) is 3.03. The first-order chi connectivity index (χ1) is 12.0. The van der Waals surface area contributed by atoms with E-state index in [-0.39, 0.29) is 24.4 Å². The molecule has 0 fully saturated rings. The minimum atomic E-state index is -0.215. The normalized spacial score (nSPS) is 10.6. The lowest BCUT2D eigenvalue weighted by Gasteiger charge is -2.07. The molecule has 0 atom stereocenters. The van der Waals surface area contributed by atoms with Crippen LogP contribution in [0, 0.1) is 13.8 Å². The second-order valence-corrected chi connectivity index (χ2v) is 5.91. The molecule has 0 bridgehead atoms. The number of carbonyl (C=O) groups excluding carboxylic acids is 1. The number of nitrogens with zero attached hydrogens (tertiary/aromatic N) is 1. The van der Waals surface area contributed by atoms with Gasteiger partial charge < -0.3 is 14.7 Å². The Balaban J connectivity index is 1.62. The quantitative estimate of drug-likeness (QED) is 0.749. The molecule has 3 aromatic rings. The molecular formula is C19H19N3O3. The molecule has 3 rings (SSSR count). The summed E-state index contributed by atoms with van der Waals surface area (Å²) in [6.07, 6.45) is 1.57. The van der Waals surface area contributed by atoms with Gasteiger partial charge in [0.1, 0.15) is 6.26 Å². The molecule has 128 valence electrons. The number of carbonyl (C=O) groups is 1. The van der Waals surface area contributed by atoms with Crippen molar-refractivity contribution in [2.24, 2.45) is 0 Å². The van der Waals surface area contributed by atoms with Gasteiger partial charge in [-0.1, -0.05) is 18.2 Å². The van der Waals surface area contributed by atoms with E-state index in [4.69, 9.17) is 4.42 Å². The highest BCUT2D eigenvalue weighted by Gasteiger charge is 2.12. The smallest absolute Gasteiger partial charge is 0.253 e. The lowest BCUT2D eigenvalue weighted by Crippen LogP contribution is -2.29. The number of hydrogen-bond acceptors (Lipinski definition) is 4. The number of H-pyrrole nitrogens is 1. The highest BCUT2D eigenvalue weighted by molar-refractivity contribution is 5.78. The van der Waals surface area contributed by atoms with Crippen LogP contribution in [0.2, 0.25) is 0 Å². The molecule has 25 heavy (non-hydrogen) atoms. The van der Waals surface area contributed by atoms with Crippen molar-refractivity contribution in [2.45, 2.75) is 26.8 Å². The molecule has 0 spiro atoms. The molecular weight excluding hydrogens is 318 g/mol. The van der Waals surface area contributed by atoms with E-state index in [1.165, 1.54) is 6.26 Å². The molecule has 6 heteroatoms. The summed E-state index contributed by atoms with van der Waals surface area (Å²) in [5.74, 6) is 0.265. The molecule has 2 aromatic heterocycles. The highest BCUT2D eigenvalue weighted by atomic mass is 16.3. The Morgan fingerprint density at radius 2 is 2.00 bits per heavy atom. The Labute approximate surface area is 144 Å². The van der Waals surface area contributed by atoms with Crippen LogP contribution in [0.5, 0.6) is 0 Å². The standard InChI is InChI=1S/C19H19N3O3/c1-12-8-13(2)21-18(24)16(12)10-20-17(23)9-15-11-25-19(22-15)14-6-4-3-5-7-14/h3-8,11H,9-10H2,1-2H3,(H,20,23)(H,21,24). The lowest BCUT2D eigenvalue weighted by molar-refractivity contribution is -0.120. The number of nitrogens with one attached hydrogen (secondary N) is 2. The number of oxazole rings is 1. The zero-order valence-electron chi connectivity index (χ0n) is 14.1. The van der Waals surface area contributed by atoms with Crippen molar-refractivity contribution in [3.8, 4) is 11.5 Å². The molecule has 0 aliphatic rings. The van der Waals surface area contributed by atoms with Crippen LogP contribution in [-0.2, 0) is 17.8 Å². The van der Waals surface area contributed by atoms with E-state index in [1.807, 2.05) is 50.2 Å². The molecule has 0 saturated carbocycles. The van der Waals surface area contributed by atoms with Crippen LogP contribution < -0.4 is 10.9 Å². The van der Waals surface area contributed by atoms with Gasteiger partial charge in [-0.25, -0.2) is 4.98 Å². The lowest BCUT2D eigenvalue weighted by atomic mass is 10.1. The van der Waals surface area contributed by atoms with Crippen molar-refractivity contribution in [3.05, 3.63) is 75.5 Å². The Hall–Kier alpha value is -3.15. The number of aryl methyl sites for hydroxylation is 2. The maximum Gasteiger partial charge on any atom is 0.253 e. The molecule has 1 amide bonds. The monoisotopic (exact) mass is 337 g/mol. The third-order valence-electron chi connectivity index (χ3n) is 3.87. The van der Waals surface area contributed by atoms with Crippen LogP contribution in [0.1, 0.15) is 22.5 Å². The third kappa shape index (κ3) is 4.03. The largest absolute Gasteiger partial charge is 0.444 e. The van der Waals surface area contributed by atoms with Crippen molar-refractivity contribution < 1.29 is 9.21 Å². The first-order valence-corrected chi connectivity index (χ1v) is 7.99. The molecule has 1 aromatic carbocycles. The van der Waals surface area contributed by atoms with Gasteiger partial charge in [-0.15, -0.1) is 0 Å². The molecule has 2 N–H and O–H groups in total. The fourth-order valence-corrected chi connectivity index (χ4v) is 2.62. The van der Waals surface area contributed by atoms with Crippen molar-refractivity contribution in [2.75, 3.05) is 0 Å². The number of hydrogen-bond donors (Lipinski definition) is 2. The van der Waals surface area contributed by atoms with E-state index in [1.54, 1.807) is 0 Å². The van der Waals surface area contributed by atoms with Crippen LogP contribution in [0.25, 0.3) is 11.5 Å². The van der Waals surface area contributed by atoms with Crippen molar-refractivity contribution in [3.63, 3.8) is 0 Å². The number of aromatic nitrogens is 2. The Morgan fingerprint density at radius 1 is 1.24 bits per heavy atom. The van der Waals surface area contributed by atoms with Gasteiger partial charge in [-0.2, -0.15) is 0 Å². The van der Waals surface area contributed by atoms with E-state index in [0.717, 1.165) is 16.8 Å². The summed E-state index contributed by atoms with van der Waals surface area (Å²) >= 11 is 0. The van der Waals surface area contributed by atoms with E-state index < -0.39 is 0 Å². The van der Waals surface area contributed by atoms with Crippen LogP contribution in [0.3, 0.4) is 0 Å². The molecule has 2 heterocycles. The fourth-order valence-electron chi connectivity index (χ4n) is 2.62. The van der Waals surface area contributed by atoms with Gasteiger partial charge in [-0.3, -0.25) is 9.59 Å². The second-order valence-electron chi connectivity index (χ2n) is 5.91. The zero-order valence-corrected chi connectivity index (χ0v) is 14.1. The summed E-state index contributed by atoms with van der Waals surface area (Å²) < 4.78 is 5.42. The predicted molar refractivity (Wildman–Crippen MR) is 94.0 cm³/mol. The van der Waals surface area contributed by atoms with Crippen LogP contribution in [-0.4, -0.2) is 15.9 Å². The van der Waals surface area contributed by atoms with Crippen LogP contribution >= 0.6 is 0 Å². The molecule has 0 aliphatic carbocycles. The maximum absolute atomic E-state index is 12.1. The Bertz CT molecular complexity index is 942. The van der Waals surface area contributed by atoms with Gasteiger partial charge in [0.15, 0.2) is 0 Å². The van der Waals surface area contributed by atoms with Gasteiger partial charge in [0, 0.05) is 23.4 Å². The zero-order chi connectivity index (χ0) is 17.8. The minimum Gasteiger partial charge on any atom is -0.444 e. The minimum absolute atomic E-state index is 0.0964. The van der Waals surface area contributed by atoms with Crippen LogP contribution in [0.4, 0.5) is 0 Å². The van der Waals surface area contributed by atoms with Crippen molar-refractivity contribution >= 4 is 5.91 Å². The Kier molecular flexibility index (Phi) is 4.79. The summed E-state index contributed by atoms with van der Waals surface area (Å²) in [6.45, 7) is 3.86. The maximum atomic E-state index is 12.1. The van der Waals surface area contributed by atoms with Gasteiger partial charge in [-0.05, 0) is 37.6 Å². The molecule has 0 saturated heterocycles. The van der Waals surface area contributed by atoms with Gasteiger partial charge in [0.2, 0.25) is 11.8 Å². The van der Waals surface area contributed by atoms with Gasteiger partial charge >= 0.3 is 0 Å². The fraction of sp³-hybridized carbons (Fsp3) is 0.211. The van der Waals surface area contributed by atoms with Crippen molar-refractivity contribution in [1.29, 1.82) is 0 Å². The van der Waals surface area contributed by atoms with Crippen LogP contribution in [0.15, 0.2) is 51.9 Å². The van der Waals surface area contributed by atoms with Gasteiger partial charge in [0.25, 0.3) is 5.56 Å². The Morgan fingerprint density at radius 3 is 2.72 bits per heavy atom. The topological polar surface area (TPSA) is 88.0 Å². The summed E-state index contributed by atoms with van der Waals surface area (Å²) in [4.78, 5) is 31.1. The first kappa shape index (κ1) is 16.7. The SMILES string of the molecule is Cc1cc(C)c(CNC(=O)Cc2coc(-c3ccccc3)n2)c(=O)[nH]1. The van der Waals surface area contributed by atoms with E-state index >= 15 is 0 Å². The van der Waals surface area contributed by atoms with Gasteiger partial charge in [0.05, 0.1) is 12.1 Å². The highest BCUT2D eigenvalue weighted by Crippen LogP contribution is 2.18. The number of rotatable bonds is 5. The molecule has 0 radical (unpaired) electrons. The van der Waals surface area contributed by atoms with E-state index in [0.29, 0.717) is 17.1 Å². The number of pyridine rings is 1. The average molecular weight is 337 g/mol. The molecule has 0 aliphatic heterocycles.